The van der Waals surface area contributed by atoms with E-state index in [0.29, 0.717) is 0 Å². The third-order valence-corrected chi connectivity index (χ3v) is 1.31. The molecule has 1 rings (SSSR count). The van der Waals surface area contributed by atoms with E-state index >= 15 is 0 Å². The van der Waals surface area contributed by atoms with Crippen LogP contribution < -0.4 is 0 Å². The Balaban J connectivity index is 2.65. The maximum absolute atomic E-state index is 10.6. The van der Waals surface area contributed by atoms with Crippen molar-refractivity contribution < 1.29 is 4.79 Å². The number of carbonyl (C=O) groups is 1. The van der Waals surface area contributed by atoms with E-state index in [1.54, 1.807) is 0 Å². The molecule has 0 aliphatic carbocycles. The average Bonchev–Trinajstić information content (AvgIpc) is 2.06. The summed E-state index contributed by atoms with van der Waals surface area (Å²) < 4.78 is 0. The monoisotopic (exact) mass is 147 g/mol. The van der Waals surface area contributed by atoms with E-state index in [-0.39, 0.29) is 6.42 Å². The summed E-state index contributed by atoms with van der Waals surface area (Å²) >= 11 is 0. The quantitative estimate of drug-likeness (QED) is 0.588. The number of hydrogen-bond donors (Lipinski definition) is 0. The number of rotatable bonds is 2. The predicted octanol–water partition coefficient (Wildman–Crippen LogP) is 1.78. The summed E-state index contributed by atoms with van der Waals surface area (Å²) in [6.07, 6.45) is 0.164. The zero-order chi connectivity index (χ0) is 8.10. The van der Waals surface area contributed by atoms with Crippen molar-refractivity contribution in [3.8, 4) is 0 Å². The predicted molar refractivity (Wildman–Crippen MR) is 40.9 cm³/mol. The van der Waals surface area contributed by atoms with E-state index < -0.39 is 5.91 Å². The van der Waals surface area contributed by atoms with Crippen LogP contribution in [-0.2, 0) is 11.2 Å². The second-order valence-corrected chi connectivity index (χ2v) is 2.16. The molecule has 0 N–H and O–H groups in total. The first-order chi connectivity index (χ1) is 5.33. The highest BCUT2D eigenvalue weighted by Crippen LogP contribution is 1.99. The van der Waals surface area contributed by atoms with Gasteiger partial charge in [-0.15, -0.1) is 0 Å². The van der Waals surface area contributed by atoms with Crippen LogP contribution in [0.2, 0.25) is 0 Å². The summed E-state index contributed by atoms with van der Waals surface area (Å²) in [5, 5.41) is 2.54. The SMILES string of the molecule is [N-]=NC(=O)Cc1ccccc1. The Morgan fingerprint density at radius 1 is 1.36 bits per heavy atom. The van der Waals surface area contributed by atoms with Gasteiger partial charge in [0.2, 0.25) is 5.91 Å². The van der Waals surface area contributed by atoms with Gasteiger partial charge in [-0.05, 0) is 5.56 Å². The topological polar surface area (TPSA) is 51.7 Å². The zero-order valence-corrected chi connectivity index (χ0v) is 5.90. The number of benzene rings is 1. The van der Waals surface area contributed by atoms with Gasteiger partial charge in [0.1, 0.15) is 0 Å². The molecule has 0 fully saturated rings. The average molecular weight is 147 g/mol. The van der Waals surface area contributed by atoms with Gasteiger partial charge in [0, 0.05) is 0 Å². The minimum absolute atomic E-state index is 0.164. The number of nitrogens with zero attached hydrogens (tertiary/aromatic N) is 2. The standard InChI is InChI=1S/C8H7N2O/c9-10-8(11)6-7-4-2-1-3-5-7/h1-5H,6H2/q-1. The second kappa shape index (κ2) is 3.61. The van der Waals surface area contributed by atoms with Crippen molar-refractivity contribution in [1.82, 2.24) is 0 Å². The van der Waals surface area contributed by atoms with E-state index in [2.05, 4.69) is 5.11 Å². The van der Waals surface area contributed by atoms with Crippen LogP contribution in [0.15, 0.2) is 35.4 Å². The molecule has 0 heterocycles. The number of carbonyl (C=O) groups excluding carboxylic acids is 1. The van der Waals surface area contributed by atoms with Crippen molar-refractivity contribution in [3.05, 3.63) is 41.4 Å². The Bertz CT molecular complexity index is 256. The molecule has 11 heavy (non-hydrogen) atoms. The van der Waals surface area contributed by atoms with Gasteiger partial charge in [-0.2, -0.15) is 0 Å². The minimum atomic E-state index is -0.517. The molecule has 3 nitrogen and oxygen atoms in total. The fraction of sp³-hybridized carbons (Fsp3) is 0.125. The first-order valence-electron chi connectivity index (χ1n) is 3.25. The molecule has 0 unspecified atom stereocenters. The second-order valence-electron chi connectivity index (χ2n) is 2.16. The van der Waals surface area contributed by atoms with Crippen molar-refractivity contribution in [2.24, 2.45) is 5.11 Å². The van der Waals surface area contributed by atoms with Crippen LogP contribution in [0, 0.1) is 0 Å². The summed E-state index contributed by atoms with van der Waals surface area (Å²) in [6.45, 7) is 0. The zero-order valence-electron chi connectivity index (χ0n) is 5.90. The largest absolute Gasteiger partial charge is 0.704 e. The summed E-state index contributed by atoms with van der Waals surface area (Å²) in [6, 6.07) is 9.15. The molecule has 0 aliphatic rings. The third-order valence-electron chi connectivity index (χ3n) is 1.31. The molecule has 1 amide bonds. The molecule has 1 aromatic carbocycles. The third kappa shape index (κ3) is 2.29. The Morgan fingerprint density at radius 2 is 2.00 bits per heavy atom. The van der Waals surface area contributed by atoms with Crippen LogP contribution in [0.5, 0.6) is 0 Å². The number of hydrogen-bond acceptors (Lipinski definition) is 1. The van der Waals surface area contributed by atoms with Gasteiger partial charge in [-0.3, -0.25) is 4.79 Å². The van der Waals surface area contributed by atoms with Gasteiger partial charge in [0.05, 0.1) is 6.42 Å². The summed E-state index contributed by atoms with van der Waals surface area (Å²) in [4.78, 5) is 10.6. The highest BCUT2D eigenvalue weighted by atomic mass is 16.1. The Morgan fingerprint density at radius 3 is 2.55 bits per heavy atom. The maximum Gasteiger partial charge on any atom is 0.230 e. The molecule has 0 aromatic heterocycles. The summed E-state index contributed by atoms with van der Waals surface area (Å²) in [5.74, 6) is -0.517. The summed E-state index contributed by atoms with van der Waals surface area (Å²) in [5.41, 5.74) is 8.93. The van der Waals surface area contributed by atoms with Crippen LogP contribution in [0.1, 0.15) is 5.56 Å². The van der Waals surface area contributed by atoms with Crippen molar-refractivity contribution in [3.63, 3.8) is 0 Å². The molecular weight excluding hydrogens is 140 g/mol. The van der Waals surface area contributed by atoms with Crippen molar-refractivity contribution >= 4 is 5.91 Å². The van der Waals surface area contributed by atoms with Gasteiger partial charge >= 0.3 is 0 Å². The van der Waals surface area contributed by atoms with Crippen molar-refractivity contribution in [2.45, 2.75) is 6.42 Å². The first-order valence-corrected chi connectivity index (χ1v) is 3.25. The number of amides is 1. The Kier molecular flexibility index (Phi) is 2.49. The van der Waals surface area contributed by atoms with Gasteiger partial charge in [0.15, 0.2) is 0 Å². The smallest absolute Gasteiger partial charge is 0.230 e. The fourth-order valence-corrected chi connectivity index (χ4v) is 0.806. The molecule has 0 radical (unpaired) electrons. The van der Waals surface area contributed by atoms with Crippen molar-refractivity contribution in [2.75, 3.05) is 0 Å². The van der Waals surface area contributed by atoms with E-state index in [1.165, 1.54) is 0 Å². The molecule has 0 saturated heterocycles. The highest BCUT2D eigenvalue weighted by molar-refractivity contribution is 5.79. The van der Waals surface area contributed by atoms with Gasteiger partial charge in [0.25, 0.3) is 0 Å². The van der Waals surface area contributed by atoms with E-state index in [1.807, 2.05) is 30.3 Å². The molecule has 0 aliphatic heterocycles. The molecule has 3 heteroatoms. The molecule has 0 spiro atoms. The molecule has 0 saturated carbocycles. The fourth-order valence-electron chi connectivity index (χ4n) is 0.806. The van der Waals surface area contributed by atoms with Crippen LogP contribution in [0.4, 0.5) is 0 Å². The normalized spacial score (nSPS) is 9.09. The lowest BCUT2D eigenvalue weighted by Gasteiger charge is -1.96. The Hall–Kier alpha value is -1.51. The van der Waals surface area contributed by atoms with Crippen LogP contribution >= 0.6 is 0 Å². The van der Waals surface area contributed by atoms with Crippen molar-refractivity contribution in [1.29, 1.82) is 0 Å². The molecule has 56 valence electrons. The Labute approximate surface area is 64.6 Å². The lowest BCUT2D eigenvalue weighted by Crippen LogP contribution is -1.96. The van der Waals surface area contributed by atoms with Crippen LogP contribution in [0.3, 0.4) is 0 Å². The van der Waals surface area contributed by atoms with E-state index in [4.69, 9.17) is 5.53 Å². The van der Waals surface area contributed by atoms with Gasteiger partial charge in [-0.1, -0.05) is 30.3 Å². The van der Waals surface area contributed by atoms with Gasteiger partial charge in [-0.25, -0.2) is 0 Å². The molecule has 1 aromatic rings. The van der Waals surface area contributed by atoms with Crippen LogP contribution in [0.25, 0.3) is 5.53 Å². The lowest BCUT2D eigenvalue weighted by molar-refractivity contribution is -0.117. The molecule has 0 atom stereocenters. The summed E-state index contributed by atoms with van der Waals surface area (Å²) in [7, 11) is 0. The lowest BCUT2D eigenvalue weighted by atomic mass is 10.1. The minimum Gasteiger partial charge on any atom is -0.704 e. The maximum atomic E-state index is 10.6. The molecular formula is C8H7N2O-. The van der Waals surface area contributed by atoms with E-state index in [9.17, 15) is 4.79 Å². The molecule has 0 bridgehead atoms. The highest BCUT2D eigenvalue weighted by Gasteiger charge is 1.95. The first kappa shape index (κ1) is 7.60. The van der Waals surface area contributed by atoms with Gasteiger partial charge < -0.3 is 10.6 Å². The van der Waals surface area contributed by atoms with Crippen LogP contribution in [-0.4, -0.2) is 5.91 Å². The van der Waals surface area contributed by atoms with E-state index in [0.717, 1.165) is 5.56 Å².